The van der Waals surface area contributed by atoms with E-state index in [-0.39, 0.29) is 5.57 Å². The summed E-state index contributed by atoms with van der Waals surface area (Å²) in [6.07, 6.45) is 11.7. The van der Waals surface area contributed by atoms with Gasteiger partial charge >= 0.3 is 6.03 Å². The normalized spacial score (nSPS) is 20.4. The lowest BCUT2D eigenvalue weighted by Crippen LogP contribution is -2.52. The maximum atomic E-state index is 12.2. The molecule has 0 atom stereocenters. The molecule has 2 aliphatic rings. The molecule has 1 aromatic heterocycles. The molecular formula is C17H21N3O3. The van der Waals surface area contributed by atoms with Crippen LogP contribution in [0.25, 0.3) is 6.08 Å². The van der Waals surface area contributed by atoms with Gasteiger partial charge in [0.05, 0.1) is 0 Å². The Balaban J connectivity index is 1.85. The first-order valence-electron chi connectivity index (χ1n) is 7.98. The molecule has 1 aromatic rings. The van der Waals surface area contributed by atoms with Gasteiger partial charge in [-0.1, -0.05) is 19.3 Å². The molecule has 0 radical (unpaired) electrons. The summed E-state index contributed by atoms with van der Waals surface area (Å²) in [5, 5.41) is 0. The lowest BCUT2D eigenvalue weighted by molar-refractivity contribution is -0.134. The molecule has 1 saturated heterocycles. The molecule has 1 aliphatic carbocycles. The Labute approximate surface area is 135 Å². The van der Waals surface area contributed by atoms with Crippen LogP contribution in [-0.2, 0) is 9.59 Å². The number of urea groups is 1. The number of imide groups is 2. The van der Waals surface area contributed by atoms with Crippen LogP contribution < -0.4 is 0 Å². The number of likely N-dealkylation sites (N-methyl/N-ethyl adjacent to an activating group) is 2. The van der Waals surface area contributed by atoms with Crippen molar-refractivity contribution in [3.8, 4) is 0 Å². The van der Waals surface area contributed by atoms with Gasteiger partial charge in [0.2, 0.25) is 0 Å². The van der Waals surface area contributed by atoms with Gasteiger partial charge in [0.1, 0.15) is 5.57 Å². The molecule has 2 fully saturated rings. The van der Waals surface area contributed by atoms with Crippen molar-refractivity contribution < 1.29 is 14.4 Å². The topological polar surface area (TPSA) is 62.6 Å². The highest BCUT2D eigenvalue weighted by molar-refractivity contribution is 6.30. The first-order valence-corrected chi connectivity index (χ1v) is 7.98. The zero-order chi connectivity index (χ0) is 16.6. The summed E-state index contributed by atoms with van der Waals surface area (Å²) < 4.78 is 2.17. The predicted molar refractivity (Wildman–Crippen MR) is 85.5 cm³/mol. The number of barbiturate groups is 1. The second kappa shape index (κ2) is 6.02. The zero-order valence-electron chi connectivity index (χ0n) is 13.5. The fourth-order valence-corrected chi connectivity index (χ4v) is 3.26. The second-order valence-corrected chi connectivity index (χ2v) is 6.25. The van der Waals surface area contributed by atoms with Crippen molar-refractivity contribution in [3.63, 3.8) is 0 Å². The SMILES string of the molecule is CN1C(=O)C(=Cc2ccn(C3CCCCC3)c2)C(=O)N(C)C1=O. The maximum Gasteiger partial charge on any atom is 0.333 e. The van der Waals surface area contributed by atoms with E-state index in [0.717, 1.165) is 15.4 Å². The Morgan fingerprint density at radius 2 is 1.61 bits per heavy atom. The fourth-order valence-electron chi connectivity index (χ4n) is 3.26. The standard InChI is InChI=1S/C17H21N3O3/c1-18-15(21)14(16(22)19(2)17(18)23)10-12-8-9-20(11-12)13-6-4-3-5-7-13/h8-11,13H,3-7H2,1-2H3. The van der Waals surface area contributed by atoms with Gasteiger partial charge in [0.25, 0.3) is 11.8 Å². The van der Waals surface area contributed by atoms with Crippen LogP contribution in [0.1, 0.15) is 43.7 Å². The lowest BCUT2D eigenvalue weighted by Gasteiger charge is -2.28. The van der Waals surface area contributed by atoms with Crippen LogP contribution in [-0.4, -0.2) is 46.3 Å². The molecule has 0 N–H and O–H groups in total. The number of nitrogens with zero attached hydrogens (tertiary/aromatic N) is 3. The van der Waals surface area contributed by atoms with Crippen molar-refractivity contribution >= 4 is 23.9 Å². The number of carbonyl (C=O) groups is 3. The highest BCUT2D eigenvalue weighted by Gasteiger charge is 2.37. The van der Waals surface area contributed by atoms with Gasteiger partial charge < -0.3 is 4.57 Å². The third-order valence-electron chi connectivity index (χ3n) is 4.69. The molecule has 4 amide bonds. The second-order valence-electron chi connectivity index (χ2n) is 6.25. The van der Waals surface area contributed by atoms with Gasteiger partial charge in [-0.15, -0.1) is 0 Å². The number of carbonyl (C=O) groups excluding carboxylic acids is 3. The minimum absolute atomic E-state index is 0.0241. The van der Waals surface area contributed by atoms with Crippen molar-refractivity contribution in [3.05, 3.63) is 29.6 Å². The Bertz CT molecular complexity index is 657. The van der Waals surface area contributed by atoms with E-state index in [1.54, 1.807) is 6.08 Å². The zero-order valence-corrected chi connectivity index (χ0v) is 13.5. The molecule has 6 nitrogen and oxygen atoms in total. The molecule has 0 aromatic carbocycles. The van der Waals surface area contributed by atoms with Gasteiger partial charge in [-0.2, -0.15) is 0 Å². The van der Waals surface area contributed by atoms with E-state index in [9.17, 15) is 14.4 Å². The van der Waals surface area contributed by atoms with E-state index in [0.29, 0.717) is 6.04 Å². The van der Waals surface area contributed by atoms with E-state index in [2.05, 4.69) is 4.57 Å². The van der Waals surface area contributed by atoms with Crippen LogP contribution in [0.2, 0.25) is 0 Å². The molecule has 0 unspecified atom stereocenters. The van der Waals surface area contributed by atoms with Crippen LogP contribution >= 0.6 is 0 Å². The highest BCUT2D eigenvalue weighted by Crippen LogP contribution is 2.29. The Morgan fingerprint density at radius 3 is 2.22 bits per heavy atom. The molecule has 1 saturated carbocycles. The summed E-state index contributed by atoms with van der Waals surface area (Å²) in [5.74, 6) is -1.10. The van der Waals surface area contributed by atoms with Crippen molar-refractivity contribution in [2.75, 3.05) is 14.1 Å². The van der Waals surface area contributed by atoms with Gasteiger partial charge in [0.15, 0.2) is 0 Å². The Morgan fingerprint density at radius 1 is 1.00 bits per heavy atom. The smallest absolute Gasteiger partial charge is 0.333 e. The number of aromatic nitrogens is 1. The van der Waals surface area contributed by atoms with E-state index in [1.807, 2.05) is 18.5 Å². The third-order valence-corrected chi connectivity index (χ3v) is 4.69. The third kappa shape index (κ3) is 2.81. The van der Waals surface area contributed by atoms with Crippen molar-refractivity contribution in [1.82, 2.24) is 14.4 Å². The van der Waals surface area contributed by atoms with Crippen molar-refractivity contribution in [1.29, 1.82) is 0 Å². The number of amides is 4. The molecule has 2 heterocycles. The van der Waals surface area contributed by atoms with E-state index in [4.69, 9.17) is 0 Å². The minimum atomic E-state index is -0.600. The molecule has 0 bridgehead atoms. The van der Waals surface area contributed by atoms with Gasteiger partial charge in [-0.3, -0.25) is 19.4 Å². The van der Waals surface area contributed by atoms with E-state index in [1.165, 1.54) is 46.2 Å². The van der Waals surface area contributed by atoms with Crippen molar-refractivity contribution in [2.24, 2.45) is 0 Å². The van der Waals surface area contributed by atoms with Gasteiger partial charge in [-0.25, -0.2) is 4.79 Å². The summed E-state index contributed by atoms with van der Waals surface area (Å²) in [4.78, 5) is 38.0. The lowest BCUT2D eigenvalue weighted by atomic mass is 9.95. The summed E-state index contributed by atoms with van der Waals surface area (Å²) in [7, 11) is 2.77. The molecule has 3 rings (SSSR count). The molecule has 122 valence electrons. The van der Waals surface area contributed by atoms with Crippen molar-refractivity contribution in [2.45, 2.75) is 38.1 Å². The van der Waals surface area contributed by atoms with Gasteiger partial charge in [-0.05, 0) is 30.5 Å². The number of rotatable bonds is 2. The average molecular weight is 315 g/mol. The summed E-state index contributed by atoms with van der Waals surface area (Å²) in [5.41, 5.74) is 0.833. The summed E-state index contributed by atoms with van der Waals surface area (Å²) >= 11 is 0. The molecule has 6 heteroatoms. The molecule has 0 spiro atoms. The van der Waals surface area contributed by atoms with Crippen LogP contribution in [0.15, 0.2) is 24.0 Å². The van der Waals surface area contributed by atoms with Gasteiger partial charge in [0, 0.05) is 32.5 Å². The monoisotopic (exact) mass is 315 g/mol. The number of hydrogen-bond donors (Lipinski definition) is 0. The van der Waals surface area contributed by atoms with E-state index < -0.39 is 17.8 Å². The fraction of sp³-hybridized carbons (Fsp3) is 0.471. The van der Waals surface area contributed by atoms with Crippen LogP contribution in [0.4, 0.5) is 4.79 Å². The molecule has 23 heavy (non-hydrogen) atoms. The summed E-state index contributed by atoms with van der Waals surface area (Å²) in [6.45, 7) is 0. The first kappa shape index (κ1) is 15.5. The van der Waals surface area contributed by atoms with E-state index >= 15 is 0 Å². The predicted octanol–water partition coefficient (Wildman–Crippen LogP) is 2.43. The number of hydrogen-bond acceptors (Lipinski definition) is 3. The maximum absolute atomic E-state index is 12.2. The molecular weight excluding hydrogens is 294 g/mol. The Hall–Kier alpha value is -2.37. The summed E-state index contributed by atoms with van der Waals surface area (Å²) in [6, 6.07) is 1.80. The highest BCUT2D eigenvalue weighted by atomic mass is 16.2. The Kier molecular flexibility index (Phi) is 4.07. The average Bonchev–Trinajstić information content (AvgIpc) is 3.05. The van der Waals surface area contributed by atoms with Crippen LogP contribution in [0.3, 0.4) is 0 Å². The van der Waals surface area contributed by atoms with Crippen LogP contribution in [0, 0.1) is 0 Å². The largest absolute Gasteiger partial charge is 0.351 e. The molecule has 1 aliphatic heterocycles. The quantitative estimate of drug-likeness (QED) is 0.622. The van der Waals surface area contributed by atoms with Crippen LogP contribution in [0.5, 0.6) is 0 Å². The first-order chi connectivity index (χ1) is 11.0. The minimum Gasteiger partial charge on any atom is -0.351 e.